The van der Waals surface area contributed by atoms with Crippen molar-refractivity contribution in [2.45, 2.75) is 58.8 Å². The number of ether oxygens (including phenoxy) is 2. The first-order chi connectivity index (χ1) is 11.6. The number of nitrogens with two attached hydrogens (primary N) is 1. The van der Waals surface area contributed by atoms with Crippen LogP contribution in [-0.4, -0.2) is 26.2 Å². The number of rotatable bonds is 12. The standard InChI is InChI=1S/C19H32N2O3/c1-4-5-6-7-8-9-10-16-17(21-15(2)22)11-12-18(19(16)23-3)24-14-13-20/h11-12H,4-10,13-14,20H2,1-3H3,(H,21,22). The molecule has 0 aromatic heterocycles. The normalized spacial score (nSPS) is 10.5. The third-order valence-corrected chi connectivity index (χ3v) is 3.89. The van der Waals surface area contributed by atoms with E-state index in [-0.39, 0.29) is 5.91 Å². The Morgan fingerprint density at radius 3 is 2.50 bits per heavy atom. The molecule has 0 radical (unpaired) electrons. The van der Waals surface area contributed by atoms with Gasteiger partial charge >= 0.3 is 0 Å². The SMILES string of the molecule is CCCCCCCCc1c(NC(C)=O)ccc(OCCN)c1OC. The largest absolute Gasteiger partial charge is 0.492 e. The van der Waals surface area contributed by atoms with Crippen LogP contribution in [0.3, 0.4) is 0 Å². The van der Waals surface area contributed by atoms with Crippen molar-refractivity contribution >= 4 is 11.6 Å². The monoisotopic (exact) mass is 336 g/mol. The van der Waals surface area contributed by atoms with Crippen LogP contribution in [0.5, 0.6) is 11.5 Å². The minimum atomic E-state index is -0.0862. The fourth-order valence-electron chi connectivity index (χ4n) is 2.75. The highest BCUT2D eigenvalue weighted by atomic mass is 16.5. The Bertz CT molecular complexity index is 504. The van der Waals surface area contributed by atoms with E-state index in [9.17, 15) is 4.79 Å². The van der Waals surface area contributed by atoms with Gasteiger partial charge in [-0.3, -0.25) is 4.79 Å². The topological polar surface area (TPSA) is 73.6 Å². The maximum Gasteiger partial charge on any atom is 0.221 e. The van der Waals surface area contributed by atoms with Crippen molar-refractivity contribution in [2.24, 2.45) is 5.73 Å². The Labute approximate surface area is 145 Å². The lowest BCUT2D eigenvalue weighted by Crippen LogP contribution is -2.13. The van der Waals surface area contributed by atoms with Crippen molar-refractivity contribution in [1.82, 2.24) is 0 Å². The van der Waals surface area contributed by atoms with Crippen LogP contribution >= 0.6 is 0 Å². The Morgan fingerprint density at radius 2 is 1.88 bits per heavy atom. The van der Waals surface area contributed by atoms with E-state index >= 15 is 0 Å². The van der Waals surface area contributed by atoms with Gasteiger partial charge in [0.2, 0.25) is 5.91 Å². The minimum absolute atomic E-state index is 0.0862. The number of hydrogen-bond donors (Lipinski definition) is 2. The van der Waals surface area contributed by atoms with E-state index < -0.39 is 0 Å². The summed E-state index contributed by atoms with van der Waals surface area (Å²) in [6.45, 7) is 4.62. The molecule has 0 spiro atoms. The molecule has 1 rings (SSSR count). The molecule has 0 unspecified atom stereocenters. The van der Waals surface area contributed by atoms with Crippen molar-refractivity contribution in [3.05, 3.63) is 17.7 Å². The molecular weight excluding hydrogens is 304 g/mol. The van der Waals surface area contributed by atoms with Gasteiger partial charge < -0.3 is 20.5 Å². The van der Waals surface area contributed by atoms with Crippen molar-refractivity contribution in [2.75, 3.05) is 25.6 Å². The zero-order chi connectivity index (χ0) is 17.8. The first kappa shape index (κ1) is 20.3. The summed E-state index contributed by atoms with van der Waals surface area (Å²) in [7, 11) is 1.63. The zero-order valence-corrected chi connectivity index (χ0v) is 15.3. The summed E-state index contributed by atoms with van der Waals surface area (Å²) in [5.74, 6) is 1.29. The van der Waals surface area contributed by atoms with E-state index in [4.69, 9.17) is 15.2 Å². The quantitative estimate of drug-likeness (QED) is 0.568. The molecular formula is C19H32N2O3. The Morgan fingerprint density at radius 1 is 1.17 bits per heavy atom. The number of hydrogen-bond acceptors (Lipinski definition) is 4. The molecule has 0 aliphatic carbocycles. The van der Waals surface area contributed by atoms with E-state index in [1.54, 1.807) is 7.11 Å². The number of nitrogens with one attached hydrogen (secondary N) is 1. The van der Waals surface area contributed by atoms with Crippen LogP contribution in [-0.2, 0) is 11.2 Å². The van der Waals surface area contributed by atoms with Gasteiger partial charge in [-0.15, -0.1) is 0 Å². The summed E-state index contributed by atoms with van der Waals surface area (Å²) >= 11 is 0. The average Bonchev–Trinajstić information content (AvgIpc) is 2.56. The molecule has 1 aromatic rings. The second-order valence-electron chi connectivity index (χ2n) is 5.96. The van der Waals surface area contributed by atoms with Crippen molar-refractivity contribution in [3.8, 4) is 11.5 Å². The summed E-state index contributed by atoms with van der Waals surface area (Å²) < 4.78 is 11.2. The average molecular weight is 336 g/mol. The summed E-state index contributed by atoms with van der Waals surface area (Å²) in [5.41, 5.74) is 7.31. The molecule has 0 heterocycles. The van der Waals surface area contributed by atoms with Gasteiger partial charge in [0.15, 0.2) is 11.5 Å². The molecule has 5 heteroatoms. The number of unbranched alkanes of at least 4 members (excludes halogenated alkanes) is 5. The van der Waals surface area contributed by atoms with Gasteiger partial charge in [0, 0.05) is 24.7 Å². The van der Waals surface area contributed by atoms with Crippen LogP contribution in [0.2, 0.25) is 0 Å². The van der Waals surface area contributed by atoms with Gasteiger partial charge in [-0.1, -0.05) is 39.0 Å². The number of carbonyl (C=O) groups is 1. The van der Waals surface area contributed by atoms with Gasteiger partial charge in [0.25, 0.3) is 0 Å². The van der Waals surface area contributed by atoms with E-state index in [1.165, 1.54) is 39.0 Å². The molecule has 0 aliphatic heterocycles. The third kappa shape index (κ3) is 6.79. The number of carbonyl (C=O) groups excluding carboxylic acids is 1. The van der Waals surface area contributed by atoms with Crippen molar-refractivity contribution in [3.63, 3.8) is 0 Å². The smallest absolute Gasteiger partial charge is 0.221 e. The van der Waals surface area contributed by atoms with Crippen molar-refractivity contribution in [1.29, 1.82) is 0 Å². The molecule has 5 nitrogen and oxygen atoms in total. The van der Waals surface area contributed by atoms with Crippen LogP contribution in [0, 0.1) is 0 Å². The predicted molar refractivity (Wildman–Crippen MR) is 98.9 cm³/mol. The first-order valence-corrected chi connectivity index (χ1v) is 8.94. The maximum absolute atomic E-state index is 11.5. The fraction of sp³-hybridized carbons (Fsp3) is 0.632. The molecule has 0 fully saturated rings. The highest BCUT2D eigenvalue weighted by molar-refractivity contribution is 5.90. The van der Waals surface area contributed by atoms with Crippen LogP contribution < -0.4 is 20.5 Å². The third-order valence-electron chi connectivity index (χ3n) is 3.89. The van der Waals surface area contributed by atoms with Crippen LogP contribution in [0.1, 0.15) is 57.9 Å². The zero-order valence-electron chi connectivity index (χ0n) is 15.3. The van der Waals surface area contributed by atoms with Gasteiger partial charge in [0.1, 0.15) is 6.61 Å². The first-order valence-electron chi connectivity index (χ1n) is 8.94. The highest BCUT2D eigenvalue weighted by Gasteiger charge is 2.16. The second-order valence-corrected chi connectivity index (χ2v) is 5.96. The molecule has 1 amide bonds. The lowest BCUT2D eigenvalue weighted by Gasteiger charge is -2.18. The minimum Gasteiger partial charge on any atom is -0.492 e. The molecule has 0 aliphatic rings. The van der Waals surface area contributed by atoms with E-state index in [0.717, 1.165) is 24.1 Å². The molecule has 0 saturated carbocycles. The fourth-order valence-corrected chi connectivity index (χ4v) is 2.75. The lowest BCUT2D eigenvalue weighted by atomic mass is 10.0. The molecule has 1 aromatic carbocycles. The molecule has 0 atom stereocenters. The maximum atomic E-state index is 11.5. The summed E-state index contributed by atoms with van der Waals surface area (Å²) in [6.07, 6.45) is 8.17. The summed E-state index contributed by atoms with van der Waals surface area (Å²) in [4.78, 5) is 11.5. The van der Waals surface area contributed by atoms with Crippen LogP contribution in [0.4, 0.5) is 5.69 Å². The number of amides is 1. The Hall–Kier alpha value is -1.75. The van der Waals surface area contributed by atoms with Crippen molar-refractivity contribution < 1.29 is 14.3 Å². The molecule has 0 bridgehead atoms. The van der Waals surface area contributed by atoms with Gasteiger partial charge in [-0.05, 0) is 25.0 Å². The molecule has 0 saturated heterocycles. The van der Waals surface area contributed by atoms with Gasteiger partial charge in [-0.25, -0.2) is 0 Å². The van der Waals surface area contributed by atoms with Gasteiger partial charge in [0.05, 0.1) is 7.11 Å². The van der Waals surface area contributed by atoms with E-state index in [0.29, 0.717) is 24.7 Å². The van der Waals surface area contributed by atoms with E-state index in [2.05, 4.69) is 12.2 Å². The Kier molecular flexibility index (Phi) is 9.92. The molecule has 3 N–H and O–H groups in total. The highest BCUT2D eigenvalue weighted by Crippen LogP contribution is 2.37. The van der Waals surface area contributed by atoms with Crippen LogP contribution in [0.25, 0.3) is 0 Å². The lowest BCUT2D eigenvalue weighted by molar-refractivity contribution is -0.114. The predicted octanol–water partition coefficient (Wildman–Crippen LogP) is 3.89. The molecule has 24 heavy (non-hydrogen) atoms. The summed E-state index contributed by atoms with van der Waals surface area (Å²) in [6, 6.07) is 3.70. The van der Waals surface area contributed by atoms with Crippen LogP contribution in [0.15, 0.2) is 12.1 Å². The molecule has 136 valence electrons. The van der Waals surface area contributed by atoms with Gasteiger partial charge in [-0.2, -0.15) is 0 Å². The Balaban J connectivity index is 2.86. The number of methoxy groups -OCH3 is 1. The van der Waals surface area contributed by atoms with E-state index in [1.807, 2.05) is 12.1 Å². The summed E-state index contributed by atoms with van der Waals surface area (Å²) in [5, 5.41) is 2.89. The second kappa shape index (κ2) is 11.7. The number of benzene rings is 1. The number of anilines is 1.